The molecule has 0 saturated carbocycles. The van der Waals surface area contributed by atoms with Crippen LogP contribution in [0.1, 0.15) is 0 Å². The molecule has 3 nitrogen and oxygen atoms in total. The zero-order valence-corrected chi connectivity index (χ0v) is 28.6. The third-order valence-corrected chi connectivity index (χ3v) is 10.7. The monoisotopic (exact) mass is 674 g/mol. The first-order valence-electron chi connectivity index (χ1n) is 18.0. The zero-order chi connectivity index (χ0) is 34.9. The van der Waals surface area contributed by atoms with Crippen molar-refractivity contribution < 1.29 is 4.42 Å². The summed E-state index contributed by atoms with van der Waals surface area (Å²) in [6, 6.07) is 64.3. The van der Waals surface area contributed by atoms with E-state index in [4.69, 9.17) is 14.4 Å². The molecule has 0 saturated heterocycles. The van der Waals surface area contributed by atoms with Crippen molar-refractivity contribution in [3.05, 3.63) is 182 Å². The lowest BCUT2D eigenvalue weighted by Gasteiger charge is -2.13. The maximum Gasteiger partial charge on any atom is 0.160 e. The van der Waals surface area contributed by atoms with Gasteiger partial charge in [0.05, 0.1) is 11.4 Å². The van der Waals surface area contributed by atoms with Crippen LogP contribution in [0, 0.1) is 0 Å². The van der Waals surface area contributed by atoms with E-state index in [0.29, 0.717) is 5.82 Å². The van der Waals surface area contributed by atoms with Crippen molar-refractivity contribution in [1.29, 1.82) is 0 Å². The molecule has 0 unspecified atom stereocenters. The topological polar surface area (TPSA) is 38.9 Å². The van der Waals surface area contributed by atoms with E-state index in [1.54, 1.807) is 0 Å². The summed E-state index contributed by atoms with van der Waals surface area (Å²) in [5.74, 6) is 0.698. The molecule has 53 heavy (non-hydrogen) atoms. The van der Waals surface area contributed by atoms with Gasteiger partial charge in [0, 0.05) is 33.0 Å². The van der Waals surface area contributed by atoms with E-state index in [9.17, 15) is 0 Å². The molecule has 0 atom stereocenters. The molecule has 0 amide bonds. The van der Waals surface area contributed by atoms with Crippen molar-refractivity contribution in [1.82, 2.24) is 9.97 Å². The molecule has 0 aliphatic carbocycles. The standard InChI is InChI=1S/C50H30N2O/c1-2-12-33(13-3-1)50-51-45(30-46(52-50)35-26-27-41-39-18-7-6-16-37(39)38-17-8-9-19-40(38)44(41)29-35)32-24-22-31(23-25-32)43-28-34-14-4-5-15-36(34)48-42-20-10-11-21-47(42)53-49(43)48/h1-30H. The number of nitrogens with zero attached hydrogens (tertiary/aromatic N) is 2. The highest BCUT2D eigenvalue weighted by Crippen LogP contribution is 2.42. The molecule has 11 rings (SSSR count). The van der Waals surface area contributed by atoms with Gasteiger partial charge < -0.3 is 4.42 Å². The van der Waals surface area contributed by atoms with Gasteiger partial charge in [-0.05, 0) is 72.9 Å². The van der Waals surface area contributed by atoms with Crippen LogP contribution in [0.5, 0.6) is 0 Å². The van der Waals surface area contributed by atoms with Gasteiger partial charge in [0.1, 0.15) is 11.2 Å². The van der Waals surface area contributed by atoms with E-state index < -0.39 is 0 Å². The Balaban J connectivity index is 1.08. The minimum Gasteiger partial charge on any atom is -0.455 e. The minimum atomic E-state index is 0.698. The van der Waals surface area contributed by atoms with Crippen LogP contribution in [0.25, 0.3) is 110 Å². The van der Waals surface area contributed by atoms with E-state index in [2.05, 4.69) is 152 Å². The van der Waals surface area contributed by atoms with Crippen LogP contribution in [0.2, 0.25) is 0 Å². The summed E-state index contributed by atoms with van der Waals surface area (Å²) in [5, 5.41) is 12.2. The molecule has 246 valence electrons. The van der Waals surface area contributed by atoms with Gasteiger partial charge >= 0.3 is 0 Å². The second kappa shape index (κ2) is 11.7. The zero-order valence-electron chi connectivity index (χ0n) is 28.6. The first-order valence-corrected chi connectivity index (χ1v) is 18.0. The van der Waals surface area contributed by atoms with E-state index in [1.165, 1.54) is 43.1 Å². The summed E-state index contributed by atoms with van der Waals surface area (Å²) < 4.78 is 6.55. The Morgan fingerprint density at radius 1 is 0.340 bits per heavy atom. The van der Waals surface area contributed by atoms with E-state index >= 15 is 0 Å². The number of para-hydroxylation sites is 1. The maximum atomic E-state index is 6.55. The molecule has 3 heteroatoms. The van der Waals surface area contributed by atoms with Crippen LogP contribution in [0.4, 0.5) is 0 Å². The number of aromatic nitrogens is 2. The number of hydrogen-bond acceptors (Lipinski definition) is 3. The Kier molecular flexibility index (Phi) is 6.55. The van der Waals surface area contributed by atoms with Gasteiger partial charge in [0.15, 0.2) is 5.82 Å². The lowest BCUT2D eigenvalue weighted by atomic mass is 9.92. The Labute approximate surface area is 305 Å². The molecule has 2 heterocycles. The van der Waals surface area contributed by atoms with Crippen LogP contribution in [0.3, 0.4) is 0 Å². The normalized spacial score (nSPS) is 11.8. The summed E-state index contributed by atoms with van der Waals surface area (Å²) in [5.41, 5.74) is 8.78. The second-order valence-electron chi connectivity index (χ2n) is 13.7. The van der Waals surface area contributed by atoms with Gasteiger partial charge in [0.2, 0.25) is 0 Å². The lowest BCUT2D eigenvalue weighted by Crippen LogP contribution is -1.96. The predicted octanol–water partition coefficient (Wildman–Crippen LogP) is 13.7. The van der Waals surface area contributed by atoms with E-state index in [-0.39, 0.29) is 0 Å². The van der Waals surface area contributed by atoms with Crippen LogP contribution in [-0.4, -0.2) is 9.97 Å². The first-order chi connectivity index (χ1) is 26.3. The molecule has 2 aromatic heterocycles. The lowest BCUT2D eigenvalue weighted by molar-refractivity contribution is 0.670. The Hall–Kier alpha value is -7.10. The highest BCUT2D eigenvalue weighted by Gasteiger charge is 2.17. The molecular weight excluding hydrogens is 645 g/mol. The molecule has 11 aromatic rings. The van der Waals surface area contributed by atoms with Crippen molar-refractivity contribution in [2.45, 2.75) is 0 Å². The summed E-state index contributed by atoms with van der Waals surface area (Å²) in [4.78, 5) is 10.3. The second-order valence-corrected chi connectivity index (χ2v) is 13.7. The highest BCUT2D eigenvalue weighted by molar-refractivity contribution is 6.26. The fourth-order valence-corrected chi connectivity index (χ4v) is 8.14. The van der Waals surface area contributed by atoms with Crippen molar-refractivity contribution in [2.75, 3.05) is 0 Å². The largest absolute Gasteiger partial charge is 0.455 e. The van der Waals surface area contributed by atoms with Gasteiger partial charge in [-0.2, -0.15) is 0 Å². The van der Waals surface area contributed by atoms with Crippen molar-refractivity contribution in [2.24, 2.45) is 0 Å². The van der Waals surface area contributed by atoms with Crippen molar-refractivity contribution in [3.8, 4) is 45.0 Å². The number of furan rings is 1. The van der Waals surface area contributed by atoms with Gasteiger partial charge in [-0.15, -0.1) is 0 Å². The van der Waals surface area contributed by atoms with Crippen LogP contribution < -0.4 is 0 Å². The number of fused-ring (bicyclic) bond motifs is 11. The average Bonchev–Trinajstić information content (AvgIpc) is 3.64. The Morgan fingerprint density at radius 3 is 1.58 bits per heavy atom. The maximum absolute atomic E-state index is 6.55. The summed E-state index contributed by atoms with van der Waals surface area (Å²) in [6.45, 7) is 0. The molecule has 0 bridgehead atoms. The van der Waals surface area contributed by atoms with E-state index in [1.807, 2.05) is 30.3 Å². The molecule has 9 aromatic carbocycles. The smallest absolute Gasteiger partial charge is 0.160 e. The van der Waals surface area contributed by atoms with Crippen LogP contribution in [-0.2, 0) is 0 Å². The minimum absolute atomic E-state index is 0.698. The molecule has 0 spiro atoms. The molecular formula is C50H30N2O. The average molecular weight is 675 g/mol. The molecule has 0 aliphatic heterocycles. The van der Waals surface area contributed by atoms with Gasteiger partial charge in [-0.1, -0.05) is 158 Å². The van der Waals surface area contributed by atoms with Gasteiger partial charge in [-0.25, -0.2) is 9.97 Å². The highest BCUT2D eigenvalue weighted by atomic mass is 16.3. The van der Waals surface area contributed by atoms with Gasteiger partial charge in [-0.3, -0.25) is 0 Å². The van der Waals surface area contributed by atoms with Crippen molar-refractivity contribution >= 4 is 65.0 Å². The van der Waals surface area contributed by atoms with Crippen LogP contribution >= 0.6 is 0 Å². The third kappa shape index (κ3) is 4.75. The molecule has 0 N–H and O–H groups in total. The van der Waals surface area contributed by atoms with Crippen molar-refractivity contribution in [3.63, 3.8) is 0 Å². The summed E-state index contributed by atoms with van der Waals surface area (Å²) >= 11 is 0. The SMILES string of the molecule is c1ccc(-c2nc(-c3ccc(-c4cc5ccccc5c5c4oc4ccccc45)cc3)cc(-c3ccc4c5ccccc5c5ccccc5c4c3)n2)cc1. The number of hydrogen-bond donors (Lipinski definition) is 0. The molecule has 0 aliphatic rings. The summed E-state index contributed by atoms with van der Waals surface area (Å²) in [7, 11) is 0. The van der Waals surface area contributed by atoms with Crippen LogP contribution in [0.15, 0.2) is 186 Å². The molecule has 0 fully saturated rings. The van der Waals surface area contributed by atoms with Gasteiger partial charge in [0.25, 0.3) is 0 Å². The number of rotatable bonds is 4. The fraction of sp³-hybridized carbons (Fsp3) is 0. The Bertz CT molecular complexity index is 3180. The quantitative estimate of drug-likeness (QED) is 0.174. The predicted molar refractivity (Wildman–Crippen MR) is 221 cm³/mol. The fourth-order valence-electron chi connectivity index (χ4n) is 8.14. The molecule has 0 radical (unpaired) electrons. The Morgan fingerprint density at radius 2 is 0.868 bits per heavy atom. The number of benzene rings is 9. The third-order valence-electron chi connectivity index (χ3n) is 10.7. The summed E-state index contributed by atoms with van der Waals surface area (Å²) in [6.07, 6.45) is 0. The van der Waals surface area contributed by atoms with E-state index in [0.717, 1.165) is 61.1 Å². The first kappa shape index (κ1) is 29.6.